The normalized spacial score (nSPS) is 8.70. The highest BCUT2D eigenvalue weighted by Gasteiger charge is 2.05. The van der Waals surface area contributed by atoms with Crippen LogP contribution in [-0.2, 0) is 9.59 Å². The maximum Gasteiger partial charge on any atom is 0.312 e. The van der Waals surface area contributed by atoms with Gasteiger partial charge in [0.2, 0.25) is 5.91 Å². The van der Waals surface area contributed by atoms with Gasteiger partial charge in [-0.05, 0) is 0 Å². The summed E-state index contributed by atoms with van der Waals surface area (Å²) in [7, 11) is 4.79. The second-order valence-electron chi connectivity index (χ2n) is 2.24. The molecule has 0 saturated heterocycles. The molecule has 2 amide bonds. The van der Waals surface area contributed by atoms with Crippen molar-refractivity contribution < 1.29 is 9.59 Å². The molecule has 0 unspecified atom stereocenters. The third kappa shape index (κ3) is 3.06. The molecule has 0 aliphatic carbocycles. The van der Waals surface area contributed by atoms with Crippen molar-refractivity contribution in [1.82, 2.24) is 9.80 Å². The minimum atomic E-state index is -0.106. The molecule has 0 bridgehead atoms. The van der Waals surface area contributed by atoms with Gasteiger partial charge in [0.1, 0.15) is 0 Å². The van der Waals surface area contributed by atoms with E-state index in [-0.39, 0.29) is 12.5 Å². The molecule has 4 heteroatoms. The van der Waals surface area contributed by atoms with Crippen LogP contribution in [0.3, 0.4) is 0 Å². The largest absolute Gasteiger partial charge is 0.347 e. The van der Waals surface area contributed by atoms with Crippen LogP contribution in [-0.4, -0.2) is 49.8 Å². The van der Waals surface area contributed by atoms with Crippen molar-refractivity contribution in [3.05, 3.63) is 0 Å². The van der Waals surface area contributed by atoms with E-state index in [2.05, 4.69) is 0 Å². The number of rotatable bonds is 3. The van der Waals surface area contributed by atoms with Crippen molar-refractivity contribution in [2.24, 2.45) is 0 Å². The summed E-state index contributed by atoms with van der Waals surface area (Å²) in [6, 6.07) is 0. The van der Waals surface area contributed by atoms with E-state index >= 15 is 0 Å². The number of amides is 2. The van der Waals surface area contributed by atoms with Crippen LogP contribution in [0.25, 0.3) is 0 Å². The Morgan fingerprint density at radius 2 is 1.90 bits per heavy atom. The van der Waals surface area contributed by atoms with Crippen LogP contribution in [0, 0.1) is 0 Å². The fourth-order valence-corrected chi connectivity index (χ4v) is 0.377. The van der Waals surface area contributed by atoms with Gasteiger partial charge in [0.15, 0.2) is 0 Å². The first kappa shape index (κ1) is 8.94. The number of hydrogen-bond donors (Lipinski definition) is 0. The number of carbonyl (C=O) groups excluding carboxylic acids is 2. The van der Waals surface area contributed by atoms with Gasteiger partial charge in [-0.3, -0.25) is 9.59 Å². The molecule has 4 nitrogen and oxygen atoms in total. The predicted molar refractivity (Wildman–Crippen MR) is 37.0 cm³/mol. The summed E-state index contributed by atoms with van der Waals surface area (Å²) in [5.41, 5.74) is 0. The maximum absolute atomic E-state index is 10.8. The molecular weight excluding hydrogens is 132 g/mol. The first-order chi connectivity index (χ1) is 4.57. The van der Waals surface area contributed by atoms with Crippen LogP contribution in [0.15, 0.2) is 0 Å². The minimum Gasteiger partial charge on any atom is -0.347 e. The van der Waals surface area contributed by atoms with Gasteiger partial charge in [0.25, 0.3) is 0 Å². The zero-order valence-corrected chi connectivity index (χ0v) is 6.42. The molecule has 0 fully saturated rings. The topological polar surface area (TPSA) is 40.6 Å². The lowest BCUT2D eigenvalue weighted by molar-refractivity contribution is -0.128. The fourth-order valence-electron chi connectivity index (χ4n) is 0.377. The molecule has 0 spiro atoms. The van der Waals surface area contributed by atoms with Crippen LogP contribution in [0.1, 0.15) is 0 Å². The SMILES string of the molecule is CN([C]=O)CC(=O)N(C)C. The molecular formula is C6H11N2O2. The second-order valence-corrected chi connectivity index (χ2v) is 2.24. The van der Waals surface area contributed by atoms with Gasteiger partial charge >= 0.3 is 6.41 Å². The van der Waals surface area contributed by atoms with E-state index in [0.29, 0.717) is 0 Å². The lowest BCUT2D eigenvalue weighted by atomic mass is 10.5. The van der Waals surface area contributed by atoms with Gasteiger partial charge in [-0.2, -0.15) is 0 Å². The van der Waals surface area contributed by atoms with Crippen LogP contribution in [0.5, 0.6) is 0 Å². The monoisotopic (exact) mass is 143 g/mol. The van der Waals surface area contributed by atoms with E-state index in [1.807, 2.05) is 0 Å². The average Bonchev–Trinajstić information content (AvgIpc) is 1.87. The summed E-state index contributed by atoms with van der Waals surface area (Å²) in [4.78, 5) is 23.3. The Labute approximate surface area is 60.4 Å². The Morgan fingerprint density at radius 1 is 1.40 bits per heavy atom. The van der Waals surface area contributed by atoms with Gasteiger partial charge in [-0.15, -0.1) is 0 Å². The molecule has 1 radical (unpaired) electrons. The molecule has 0 aromatic carbocycles. The molecule has 0 aromatic heterocycles. The predicted octanol–water partition coefficient (Wildman–Crippen LogP) is -0.926. The summed E-state index contributed by atoms with van der Waals surface area (Å²) in [6.07, 6.45) is 1.59. The number of nitrogens with zero attached hydrogens (tertiary/aromatic N) is 2. The molecule has 0 atom stereocenters. The minimum absolute atomic E-state index is 0.0938. The molecule has 10 heavy (non-hydrogen) atoms. The third-order valence-corrected chi connectivity index (χ3v) is 1.03. The van der Waals surface area contributed by atoms with Crippen LogP contribution >= 0.6 is 0 Å². The Hall–Kier alpha value is -1.06. The zero-order chi connectivity index (χ0) is 8.15. The quantitative estimate of drug-likeness (QED) is 0.479. The van der Waals surface area contributed by atoms with E-state index in [1.54, 1.807) is 20.5 Å². The van der Waals surface area contributed by atoms with Gasteiger partial charge < -0.3 is 9.80 Å². The number of likely N-dealkylation sites (N-methyl/N-ethyl adjacent to an activating group) is 2. The standard InChI is InChI=1S/C6H11N2O2/c1-7(2)6(10)4-8(3)5-9/h4H2,1-3H3. The summed E-state index contributed by atoms with van der Waals surface area (Å²) in [5.74, 6) is -0.106. The van der Waals surface area contributed by atoms with Gasteiger partial charge in [0, 0.05) is 21.1 Å². The lowest BCUT2D eigenvalue weighted by Crippen LogP contribution is -2.33. The van der Waals surface area contributed by atoms with E-state index < -0.39 is 0 Å². The van der Waals surface area contributed by atoms with Crippen LogP contribution < -0.4 is 0 Å². The van der Waals surface area contributed by atoms with Crippen LogP contribution in [0.2, 0.25) is 0 Å². The molecule has 0 N–H and O–H groups in total. The Kier molecular flexibility index (Phi) is 3.46. The van der Waals surface area contributed by atoms with Gasteiger partial charge in [0.05, 0.1) is 6.54 Å². The lowest BCUT2D eigenvalue weighted by Gasteiger charge is -2.13. The Morgan fingerprint density at radius 3 is 2.20 bits per heavy atom. The van der Waals surface area contributed by atoms with Crippen molar-refractivity contribution in [3.8, 4) is 0 Å². The molecule has 57 valence electrons. The summed E-state index contributed by atoms with van der Waals surface area (Å²) >= 11 is 0. The summed E-state index contributed by atoms with van der Waals surface area (Å²) < 4.78 is 0. The first-order valence-electron chi connectivity index (χ1n) is 2.87. The van der Waals surface area contributed by atoms with E-state index in [9.17, 15) is 9.59 Å². The Balaban J connectivity index is 3.68. The van der Waals surface area contributed by atoms with E-state index in [0.717, 1.165) is 0 Å². The molecule has 0 saturated carbocycles. The smallest absolute Gasteiger partial charge is 0.312 e. The van der Waals surface area contributed by atoms with Crippen molar-refractivity contribution >= 4 is 12.3 Å². The Bertz CT molecular complexity index is 134. The number of hydrogen-bond acceptors (Lipinski definition) is 2. The molecule has 0 heterocycles. The van der Waals surface area contributed by atoms with Crippen molar-refractivity contribution in [2.45, 2.75) is 0 Å². The van der Waals surface area contributed by atoms with E-state index in [1.165, 1.54) is 16.8 Å². The van der Waals surface area contributed by atoms with Crippen molar-refractivity contribution in [3.63, 3.8) is 0 Å². The highest BCUT2D eigenvalue weighted by molar-refractivity contribution is 5.79. The zero-order valence-electron chi connectivity index (χ0n) is 6.42. The molecule has 0 aromatic rings. The second kappa shape index (κ2) is 3.87. The van der Waals surface area contributed by atoms with E-state index in [4.69, 9.17) is 0 Å². The summed E-state index contributed by atoms with van der Waals surface area (Å²) in [6.45, 7) is 0.0938. The first-order valence-corrected chi connectivity index (χ1v) is 2.87. The highest BCUT2D eigenvalue weighted by atomic mass is 16.2. The highest BCUT2D eigenvalue weighted by Crippen LogP contribution is 1.81. The van der Waals surface area contributed by atoms with Crippen LogP contribution in [0.4, 0.5) is 0 Å². The van der Waals surface area contributed by atoms with Gasteiger partial charge in [-0.25, -0.2) is 0 Å². The molecule has 0 aliphatic rings. The molecule has 0 rings (SSSR count). The summed E-state index contributed by atoms with van der Waals surface area (Å²) in [5, 5.41) is 0. The molecule has 0 aliphatic heterocycles. The van der Waals surface area contributed by atoms with Crippen molar-refractivity contribution in [2.75, 3.05) is 27.7 Å². The third-order valence-electron chi connectivity index (χ3n) is 1.03. The maximum atomic E-state index is 10.8. The fraction of sp³-hybridized carbons (Fsp3) is 0.667. The van der Waals surface area contributed by atoms with Gasteiger partial charge in [-0.1, -0.05) is 0 Å². The average molecular weight is 143 g/mol. The number of carbonyl (C=O) groups is 1. The van der Waals surface area contributed by atoms with Crippen molar-refractivity contribution in [1.29, 1.82) is 0 Å².